The van der Waals surface area contributed by atoms with Gasteiger partial charge in [0.25, 0.3) is 0 Å². The zero-order valence-electron chi connectivity index (χ0n) is 19.1. The Morgan fingerprint density at radius 2 is 1.56 bits per heavy atom. The van der Waals surface area contributed by atoms with Gasteiger partial charge < -0.3 is 5.11 Å². The molecule has 0 bridgehead atoms. The molecule has 1 atom stereocenters. The Hall–Kier alpha value is -2.42. The molecule has 1 amide bonds. The van der Waals surface area contributed by atoms with Crippen LogP contribution in [0.1, 0.15) is 40.5 Å². The van der Waals surface area contributed by atoms with E-state index in [0.717, 1.165) is 15.8 Å². The molecule has 0 aliphatic carbocycles. The summed E-state index contributed by atoms with van der Waals surface area (Å²) in [5.74, 6) is 0. The molecule has 8 heteroatoms. The number of rotatable bonds is 6. The quantitative estimate of drug-likeness (QED) is 0.630. The fourth-order valence-electron chi connectivity index (χ4n) is 4.64. The molecule has 0 unspecified atom stereocenters. The van der Waals surface area contributed by atoms with Crippen LogP contribution in [0.4, 0.5) is 4.79 Å². The standard InChI is InChI=1S/C24H32N2O4SSi/c1-23(2,3)32(20-12-7-5-8-13-20,21-14-9-6-10-15-21)25-31(29,30)19-17-24(4)16-11-18-26(24)22(27)28/h5-10,12-15,17,19,25H,11,16,18H2,1-4H3,(H,27,28)/b19-17+/t24-/m0/s1. The molecule has 2 aromatic carbocycles. The van der Waals surface area contributed by atoms with Gasteiger partial charge in [0.2, 0.25) is 18.3 Å². The van der Waals surface area contributed by atoms with E-state index in [9.17, 15) is 18.3 Å². The number of hydrogen-bond acceptors (Lipinski definition) is 3. The van der Waals surface area contributed by atoms with Crippen molar-refractivity contribution in [2.24, 2.45) is 0 Å². The van der Waals surface area contributed by atoms with E-state index in [4.69, 9.17) is 0 Å². The molecule has 1 heterocycles. The maximum absolute atomic E-state index is 13.5. The Morgan fingerprint density at radius 1 is 1.06 bits per heavy atom. The van der Waals surface area contributed by atoms with E-state index in [1.807, 2.05) is 60.7 Å². The first-order valence-corrected chi connectivity index (χ1v) is 14.3. The van der Waals surface area contributed by atoms with Gasteiger partial charge in [0.05, 0.1) is 5.54 Å². The summed E-state index contributed by atoms with van der Waals surface area (Å²) in [6.45, 7) is 8.36. The van der Waals surface area contributed by atoms with Crippen LogP contribution in [0.25, 0.3) is 0 Å². The number of nitrogens with zero attached hydrogens (tertiary/aromatic N) is 1. The molecule has 172 valence electrons. The Kier molecular flexibility index (Phi) is 6.69. The lowest BCUT2D eigenvalue weighted by molar-refractivity contribution is 0.126. The first-order valence-electron chi connectivity index (χ1n) is 10.8. The van der Waals surface area contributed by atoms with E-state index in [1.54, 1.807) is 6.92 Å². The largest absolute Gasteiger partial charge is 0.465 e. The fraction of sp³-hybridized carbons (Fsp3) is 0.375. The van der Waals surface area contributed by atoms with Gasteiger partial charge in [-0.3, -0.25) is 4.90 Å². The van der Waals surface area contributed by atoms with Crippen LogP contribution in [0.15, 0.2) is 72.1 Å². The smallest absolute Gasteiger partial charge is 0.407 e. The van der Waals surface area contributed by atoms with Crippen LogP contribution >= 0.6 is 0 Å². The average molecular weight is 473 g/mol. The van der Waals surface area contributed by atoms with Gasteiger partial charge in [-0.1, -0.05) is 81.4 Å². The SMILES string of the molecule is CC(C)(C)[Si](NS(=O)(=O)/C=C/[C@]1(C)CCCN1C(=O)O)(c1ccccc1)c1ccccc1. The molecule has 2 N–H and O–H groups in total. The van der Waals surface area contributed by atoms with E-state index in [2.05, 4.69) is 25.2 Å². The number of hydrogen-bond donors (Lipinski definition) is 2. The fourth-order valence-corrected chi connectivity index (χ4v) is 12.7. The number of sulfonamides is 1. The third kappa shape index (κ3) is 4.67. The van der Waals surface area contributed by atoms with Crippen molar-refractivity contribution in [1.82, 2.24) is 9.29 Å². The molecule has 1 saturated heterocycles. The number of nitrogens with one attached hydrogen (secondary N) is 1. The molecule has 1 fully saturated rings. The Morgan fingerprint density at radius 3 is 2.00 bits per heavy atom. The molecule has 2 aromatic rings. The topological polar surface area (TPSA) is 86.7 Å². The number of carbonyl (C=O) groups is 1. The number of benzene rings is 2. The Bertz CT molecular complexity index is 1040. The molecule has 32 heavy (non-hydrogen) atoms. The van der Waals surface area contributed by atoms with Crippen molar-refractivity contribution in [3.63, 3.8) is 0 Å². The number of likely N-dealkylation sites (tertiary alicyclic amines) is 1. The summed E-state index contributed by atoms with van der Waals surface area (Å²) < 4.78 is 30.1. The van der Waals surface area contributed by atoms with Gasteiger partial charge in [0, 0.05) is 12.0 Å². The number of carboxylic acid groups (broad SMARTS) is 1. The maximum Gasteiger partial charge on any atom is 0.407 e. The molecule has 0 spiro atoms. The summed E-state index contributed by atoms with van der Waals surface area (Å²) >= 11 is 0. The van der Waals surface area contributed by atoms with Crippen LogP contribution in [-0.2, 0) is 10.0 Å². The minimum Gasteiger partial charge on any atom is -0.465 e. The van der Waals surface area contributed by atoms with Crippen molar-refractivity contribution in [3.8, 4) is 0 Å². The summed E-state index contributed by atoms with van der Waals surface area (Å²) in [7, 11) is -6.93. The van der Waals surface area contributed by atoms with Crippen LogP contribution in [0.5, 0.6) is 0 Å². The molecule has 1 aliphatic rings. The molecule has 1 aliphatic heterocycles. The highest BCUT2D eigenvalue weighted by molar-refractivity contribution is 7.94. The highest BCUT2D eigenvalue weighted by atomic mass is 32.2. The molecular formula is C24H32N2O4SSi. The van der Waals surface area contributed by atoms with E-state index >= 15 is 0 Å². The van der Waals surface area contributed by atoms with Gasteiger partial charge in [-0.2, -0.15) is 0 Å². The first kappa shape index (κ1) is 24.2. The third-order valence-electron chi connectivity index (χ3n) is 6.35. The zero-order chi connectivity index (χ0) is 23.6. The molecular weight excluding hydrogens is 440 g/mol. The van der Waals surface area contributed by atoms with E-state index < -0.39 is 29.9 Å². The van der Waals surface area contributed by atoms with Crippen LogP contribution in [0.3, 0.4) is 0 Å². The molecule has 0 aromatic heterocycles. The molecule has 6 nitrogen and oxygen atoms in total. The lowest BCUT2D eigenvalue weighted by Crippen LogP contribution is -2.74. The lowest BCUT2D eigenvalue weighted by atomic mass is 10.00. The van der Waals surface area contributed by atoms with Crippen LogP contribution in [0.2, 0.25) is 5.04 Å². The van der Waals surface area contributed by atoms with Crippen LogP contribution < -0.4 is 14.8 Å². The van der Waals surface area contributed by atoms with E-state index in [0.29, 0.717) is 19.4 Å². The average Bonchev–Trinajstić information content (AvgIpc) is 3.13. The van der Waals surface area contributed by atoms with Gasteiger partial charge >= 0.3 is 6.09 Å². The molecule has 3 rings (SSSR count). The molecule has 0 saturated carbocycles. The summed E-state index contributed by atoms with van der Waals surface area (Å²) in [4.78, 5) is 12.9. The lowest BCUT2D eigenvalue weighted by Gasteiger charge is -2.43. The van der Waals surface area contributed by atoms with E-state index in [1.165, 1.54) is 11.0 Å². The predicted octanol–water partition coefficient (Wildman–Crippen LogP) is 3.51. The van der Waals surface area contributed by atoms with Gasteiger partial charge in [-0.05, 0) is 41.3 Å². The zero-order valence-corrected chi connectivity index (χ0v) is 20.9. The highest BCUT2D eigenvalue weighted by Crippen LogP contribution is 2.35. The van der Waals surface area contributed by atoms with Crippen molar-refractivity contribution < 1.29 is 18.3 Å². The monoisotopic (exact) mass is 472 g/mol. The van der Waals surface area contributed by atoms with Crippen LogP contribution in [0, 0.1) is 0 Å². The maximum atomic E-state index is 13.5. The van der Waals surface area contributed by atoms with Crippen molar-refractivity contribution in [3.05, 3.63) is 72.1 Å². The minimum atomic E-state index is -3.88. The Labute approximate surface area is 192 Å². The normalized spacial score (nSPS) is 20.1. The summed E-state index contributed by atoms with van der Waals surface area (Å²) in [5.41, 5.74) is -0.841. The summed E-state index contributed by atoms with van der Waals surface area (Å²) in [6, 6.07) is 19.5. The summed E-state index contributed by atoms with van der Waals surface area (Å²) in [6.07, 6.45) is 1.78. The van der Waals surface area contributed by atoms with Crippen molar-refractivity contribution in [1.29, 1.82) is 0 Å². The second-order valence-corrected chi connectivity index (χ2v) is 15.9. The van der Waals surface area contributed by atoms with E-state index in [-0.39, 0.29) is 5.04 Å². The van der Waals surface area contributed by atoms with Crippen molar-refractivity contribution in [2.75, 3.05) is 6.54 Å². The van der Waals surface area contributed by atoms with Gasteiger partial charge in [-0.25, -0.2) is 17.6 Å². The van der Waals surface area contributed by atoms with Gasteiger partial charge in [0.1, 0.15) is 0 Å². The second-order valence-electron chi connectivity index (χ2n) is 9.58. The van der Waals surface area contributed by atoms with Gasteiger partial charge in [-0.15, -0.1) is 0 Å². The molecule has 0 radical (unpaired) electrons. The van der Waals surface area contributed by atoms with Crippen molar-refractivity contribution in [2.45, 2.75) is 51.1 Å². The minimum absolute atomic E-state index is 0.388. The van der Waals surface area contributed by atoms with Crippen LogP contribution in [-0.4, -0.2) is 44.8 Å². The van der Waals surface area contributed by atoms with Gasteiger partial charge in [0.15, 0.2) is 0 Å². The second kappa shape index (κ2) is 8.84. The first-order chi connectivity index (χ1) is 14.9. The third-order valence-corrected chi connectivity index (χ3v) is 13.9. The summed E-state index contributed by atoms with van der Waals surface area (Å²) in [5, 5.41) is 12.2. The predicted molar refractivity (Wildman–Crippen MR) is 131 cm³/mol. The highest BCUT2D eigenvalue weighted by Gasteiger charge is 2.50. The van der Waals surface area contributed by atoms with Crippen molar-refractivity contribution >= 4 is 34.7 Å². The number of amides is 1. The Balaban J connectivity index is 2.10.